The fraction of sp³-hybridized carbons (Fsp3) is 0.529. The molecule has 1 saturated heterocycles. The Balaban J connectivity index is 1.69. The zero-order valence-electron chi connectivity index (χ0n) is 13.2. The highest BCUT2D eigenvalue weighted by Crippen LogP contribution is 2.41. The van der Waals surface area contributed by atoms with Gasteiger partial charge in [-0.25, -0.2) is 0 Å². The summed E-state index contributed by atoms with van der Waals surface area (Å²) in [6.07, 6.45) is 2.42. The average molecular weight is 336 g/mol. The Morgan fingerprint density at radius 2 is 2.09 bits per heavy atom. The van der Waals surface area contributed by atoms with Crippen LogP contribution in [0.5, 0.6) is 0 Å². The molecule has 0 unspecified atom stereocenters. The summed E-state index contributed by atoms with van der Waals surface area (Å²) < 4.78 is 0. The Kier molecular flexibility index (Phi) is 4.60. The molecule has 3 rings (SSSR count). The number of primary amides is 1. The Labute approximate surface area is 141 Å². The Morgan fingerprint density at radius 3 is 2.70 bits per heavy atom. The maximum absolute atomic E-state index is 12.6. The Bertz CT molecular complexity index is 630. The van der Waals surface area contributed by atoms with Crippen molar-refractivity contribution in [2.24, 2.45) is 17.6 Å². The van der Waals surface area contributed by atoms with Crippen molar-refractivity contribution >= 4 is 23.4 Å². The van der Waals surface area contributed by atoms with Crippen LogP contribution in [0.15, 0.2) is 18.2 Å². The zero-order chi connectivity index (χ0) is 16.6. The molecule has 1 heterocycles. The molecule has 0 spiro atoms. The van der Waals surface area contributed by atoms with Crippen LogP contribution in [0.2, 0.25) is 5.02 Å². The predicted octanol–water partition coefficient (Wildman–Crippen LogP) is 1.57. The van der Waals surface area contributed by atoms with Gasteiger partial charge in [0.25, 0.3) is 5.91 Å². The number of carbonyl (C=O) groups is 2. The highest BCUT2D eigenvalue weighted by atomic mass is 35.5. The van der Waals surface area contributed by atoms with E-state index in [4.69, 9.17) is 17.3 Å². The number of aryl methyl sites for hydroxylation is 1. The molecule has 1 aliphatic carbocycles. The first-order valence-electron chi connectivity index (χ1n) is 8.01. The van der Waals surface area contributed by atoms with Crippen LogP contribution in [0.3, 0.4) is 0 Å². The van der Waals surface area contributed by atoms with Gasteiger partial charge >= 0.3 is 0 Å². The maximum atomic E-state index is 12.6. The van der Waals surface area contributed by atoms with Crippen molar-refractivity contribution in [3.05, 3.63) is 34.3 Å². The molecule has 2 aliphatic rings. The number of rotatable bonds is 5. The van der Waals surface area contributed by atoms with Crippen molar-refractivity contribution in [1.29, 1.82) is 0 Å². The van der Waals surface area contributed by atoms with Crippen LogP contribution < -0.4 is 11.1 Å². The zero-order valence-corrected chi connectivity index (χ0v) is 14.0. The maximum Gasteiger partial charge on any atom is 0.251 e. The van der Waals surface area contributed by atoms with Gasteiger partial charge in [0.2, 0.25) is 5.91 Å². The monoisotopic (exact) mass is 335 g/mol. The van der Waals surface area contributed by atoms with Gasteiger partial charge in [0.1, 0.15) is 0 Å². The number of nitrogens with zero attached hydrogens (tertiary/aromatic N) is 1. The lowest BCUT2D eigenvalue weighted by Gasteiger charge is -2.20. The molecule has 23 heavy (non-hydrogen) atoms. The van der Waals surface area contributed by atoms with Gasteiger partial charge in [0, 0.05) is 29.7 Å². The van der Waals surface area contributed by atoms with E-state index in [0.717, 1.165) is 12.1 Å². The van der Waals surface area contributed by atoms with Gasteiger partial charge < -0.3 is 11.1 Å². The van der Waals surface area contributed by atoms with E-state index < -0.39 is 0 Å². The molecule has 124 valence electrons. The molecule has 2 fully saturated rings. The van der Waals surface area contributed by atoms with Crippen LogP contribution in [0.1, 0.15) is 28.8 Å². The van der Waals surface area contributed by atoms with E-state index in [9.17, 15) is 9.59 Å². The second-order valence-corrected chi connectivity index (χ2v) is 7.14. The van der Waals surface area contributed by atoms with E-state index >= 15 is 0 Å². The largest absolute Gasteiger partial charge is 0.369 e. The number of carbonyl (C=O) groups excluding carboxylic acids is 2. The van der Waals surface area contributed by atoms with Crippen LogP contribution in [-0.2, 0) is 4.79 Å². The van der Waals surface area contributed by atoms with E-state index in [2.05, 4.69) is 5.32 Å². The summed E-state index contributed by atoms with van der Waals surface area (Å²) in [5, 5.41) is 3.78. The molecule has 5 nitrogen and oxygen atoms in total. The van der Waals surface area contributed by atoms with Gasteiger partial charge in [-0.05, 0) is 55.4 Å². The summed E-state index contributed by atoms with van der Waals surface area (Å²) in [7, 11) is 0. The van der Waals surface area contributed by atoms with Crippen molar-refractivity contribution in [2.75, 3.05) is 19.6 Å². The van der Waals surface area contributed by atoms with E-state index in [1.165, 1.54) is 12.8 Å². The number of benzene rings is 1. The molecular formula is C17H22ClN3O2. The summed E-state index contributed by atoms with van der Waals surface area (Å²) in [5.74, 6) is 0.672. The minimum absolute atomic E-state index is 0.0734. The number of likely N-dealkylation sites (tertiary alicyclic amines) is 1. The lowest BCUT2D eigenvalue weighted by atomic mass is 9.97. The van der Waals surface area contributed by atoms with Crippen molar-refractivity contribution in [3.63, 3.8) is 0 Å². The van der Waals surface area contributed by atoms with Crippen molar-refractivity contribution < 1.29 is 9.59 Å². The first kappa shape index (κ1) is 16.3. The second-order valence-electron chi connectivity index (χ2n) is 6.70. The molecule has 1 aliphatic heterocycles. The number of hydrogen-bond donors (Lipinski definition) is 2. The number of nitrogens with two attached hydrogens (primary N) is 1. The predicted molar refractivity (Wildman–Crippen MR) is 89.3 cm³/mol. The van der Waals surface area contributed by atoms with Gasteiger partial charge in [0.05, 0.1) is 6.54 Å². The molecule has 3 N–H and O–H groups in total. The van der Waals surface area contributed by atoms with E-state index in [-0.39, 0.29) is 24.4 Å². The Morgan fingerprint density at radius 1 is 1.35 bits per heavy atom. The number of hydrogen-bond acceptors (Lipinski definition) is 3. The standard InChI is InChI=1S/C17H22ClN3O2/c1-10-6-12(18)4-5-13(10)17(23)20-15-8-21(9-16(19)22)7-14(15)11-2-3-11/h4-6,11,14-15H,2-3,7-9H2,1H3,(H2,19,22)(H,20,23)/t14-,15+/m0/s1. The third-order valence-electron chi connectivity index (χ3n) is 4.80. The average Bonchev–Trinajstić information content (AvgIpc) is 3.22. The molecule has 2 amide bonds. The van der Waals surface area contributed by atoms with Gasteiger partial charge in [-0.3, -0.25) is 14.5 Å². The Hall–Kier alpha value is -1.59. The summed E-state index contributed by atoms with van der Waals surface area (Å²) in [6, 6.07) is 5.36. The van der Waals surface area contributed by atoms with Gasteiger partial charge in [-0.1, -0.05) is 11.6 Å². The van der Waals surface area contributed by atoms with Crippen LogP contribution in [0, 0.1) is 18.8 Å². The van der Waals surface area contributed by atoms with Crippen molar-refractivity contribution in [2.45, 2.75) is 25.8 Å². The lowest BCUT2D eigenvalue weighted by Crippen LogP contribution is -2.42. The van der Waals surface area contributed by atoms with E-state index in [1.807, 2.05) is 11.8 Å². The third kappa shape index (κ3) is 3.85. The number of amides is 2. The lowest BCUT2D eigenvalue weighted by molar-refractivity contribution is -0.118. The fourth-order valence-electron chi connectivity index (χ4n) is 3.55. The van der Waals surface area contributed by atoms with Crippen LogP contribution in [-0.4, -0.2) is 42.4 Å². The summed E-state index contributed by atoms with van der Waals surface area (Å²) >= 11 is 5.95. The number of halogens is 1. The van der Waals surface area contributed by atoms with E-state index in [0.29, 0.717) is 29.0 Å². The van der Waals surface area contributed by atoms with Crippen LogP contribution >= 0.6 is 11.6 Å². The fourth-order valence-corrected chi connectivity index (χ4v) is 3.77. The smallest absolute Gasteiger partial charge is 0.251 e. The molecule has 2 atom stereocenters. The van der Waals surface area contributed by atoms with Crippen molar-refractivity contribution in [1.82, 2.24) is 10.2 Å². The first-order valence-corrected chi connectivity index (χ1v) is 8.39. The molecule has 0 bridgehead atoms. The molecule has 6 heteroatoms. The van der Waals surface area contributed by atoms with Crippen molar-refractivity contribution in [3.8, 4) is 0 Å². The minimum Gasteiger partial charge on any atom is -0.369 e. The summed E-state index contributed by atoms with van der Waals surface area (Å²) in [5.41, 5.74) is 6.82. The quantitative estimate of drug-likeness (QED) is 0.857. The van der Waals surface area contributed by atoms with Gasteiger partial charge in [0.15, 0.2) is 0 Å². The van der Waals surface area contributed by atoms with E-state index in [1.54, 1.807) is 18.2 Å². The van der Waals surface area contributed by atoms with Gasteiger partial charge in [-0.2, -0.15) is 0 Å². The normalized spacial score (nSPS) is 24.6. The molecule has 0 aromatic heterocycles. The number of nitrogens with one attached hydrogen (secondary N) is 1. The van der Waals surface area contributed by atoms with Crippen LogP contribution in [0.4, 0.5) is 0 Å². The van der Waals surface area contributed by atoms with Crippen LogP contribution in [0.25, 0.3) is 0 Å². The SMILES string of the molecule is Cc1cc(Cl)ccc1C(=O)N[C@@H]1CN(CC(N)=O)C[C@H]1C1CC1. The summed E-state index contributed by atoms with van der Waals surface area (Å²) in [4.78, 5) is 25.8. The molecule has 1 aromatic carbocycles. The second kappa shape index (κ2) is 6.49. The molecule has 1 saturated carbocycles. The highest BCUT2D eigenvalue weighted by molar-refractivity contribution is 6.30. The van der Waals surface area contributed by atoms with Gasteiger partial charge in [-0.15, -0.1) is 0 Å². The first-order chi connectivity index (χ1) is 10.9. The summed E-state index contributed by atoms with van der Waals surface area (Å²) in [6.45, 7) is 3.66. The highest BCUT2D eigenvalue weighted by Gasteiger charge is 2.43. The molecule has 0 radical (unpaired) electrons. The molecular weight excluding hydrogens is 314 g/mol. The third-order valence-corrected chi connectivity index (χ3v) is 5.03. The minimum atomic E-state index is -0.319. The topological polar surface area (TPSA) is 75.4 Å². The molecule has 1 aromatic rings.